The van der Waals surface area contributed by atoms with Crippen molar-refractivity contribution in [3.05, 3.63) is 93.4 Å². The van der Waals surface area contributed by atoms with Gasteiger partial charge >= 0.3 is 0 Å². The van der Waals surface area contributed by atoms with Gasteiger partial charge in [-0.2, -0.15) is 0 Å². The Balaban J connectivity index is 1.65. The molecule has 2 N–H and O–H groups in total. The number of hydrogen-bond acceptors (Lipinski definition) is 5. The lowest BCUT2D eigenvalue weighted by Crippen LogP contribution is -2.36. The van der Waals surface area contributed by atoms with Crippen molar-refractivity contribution in [3.8, 4) is 5.75 Å². The molecule has 0 spiro atoms. The summed E-state index contributed by atoms with van der Waals surface area (Å²) in [5.74, 6) is -1.19. The van der Waals surface area contributed by atoms with Crippen molar-refractivity contribution >= 4 is 5.91 Å². The number of carbonyl (C=O) groups excluding carboxylic acids is 1. The molecule has 1 amide bonds. The maximum Gasteiger partial charge on any atom is 0.296 e. The number of aromatic nitrogens is 2. The van der Waals surface area contributed by atoms with Crippen LogP contribution in [-0.2, 0) is 13.1 Å². The molecule has 1 unspecified atom stereocenters. The first-order valence-electron chi connectivity index (χ1n) is 11.5. The number of carbonyl (C=O) groups is 1. The zero-order valence-electron chi connectivity index (χ0n) is 19.4. The second-order valence-corrected chi connectivity index (χ2v) is 8.70. The molecule has 4 rings (SSSR count). The molecule has 0 bridgehead atoms. The molecule has 0 fully saturated rings. The first-order chi connectivity index (χ1) is 16.4. The van der Waals surface area contributed by atoms with E-state index in [0.717, 1.165) is 24.8 Å². The summed E-state index contributed by atoms with van der Waals surface area (Å²) in [6.07, 6.45) is 2.46. The van der Waals surface area contributed by atoms with Crippen LogP contribution in [0.25, 0.3) is 0 Å². The molecule has 0 radical (unpaired) electrons. The number of hydrogen-bond donors (Lipinski definition) is 2. The molecular weight excluding hydrogens is 435 g/mol. The quantitative estimate of drug-likeness (QED) is 0.577. The van der Waals surface area contributed by atoms with Crippen molar-refractivity contribution in [2.45, 2.75) is 51.4 Å². The smallest absolute Gasteiger partial charge is 0.296 e. The fourth-order valence-corrected chi connectivity index (χ4v) is 4.42. The summed E-state index contributed by atoms with van der Waals surface area (Å²) in [6.45, 7) is 2.66. The normalized spacial score (nSPS) is 16.5. The van der Waals surface area contributed by atoms with E-state index in [9.17, 15) is 19.1 Å². The minimum Gasteiger partial charge on any atom is -0.501 e. The van der Waals surface area contributed by atoms with Gasteiger partial charge < -0.3 is 10.4 Å². The summed E-state index contributed by atoms with van der Waals surface area (Å²) in [4.78, 5) is 32.6. The van der Waals surface area contributed by atoms with Crippen LogP contribution in [0.5, 0.6) is 5.75 Å². The van der Waals surface area contributed by atoms with E-state index in [-0.39, 0.29) is 30.1 Å². The number of halogens is 1. The number of benzene rings is 2. The van der Waals surface area contributed by atoms with Crippen molar-refractivity contribution in [1.82, 2.24) is 19.8 Å². The number of nitrogens with zero attached hydrogens (tertiary/aromatic N) is 3. The Hall–Kier alpha value is -3.52. The van der Waals surface area contributed by atoms with E-state index in [4.69, 9.17) is 0 Å². The molecule has 7 nitrogen and oxygen atoms in total. The fourth-order valence-electron chi connectivity index (χ4n) is 4.42. The number of rotatable bonds is 6. The lowest BCUT2D eigenvalue weighted by atomic mass is 10.0. The number of aromatic hydroxyl groups is 1. The summed E-state index contributed by atoms with van der Waals surface area (Å²) in [7, 11) is 1.99. The Labute approximate surface area is 197 Å². The summed E-state index contributed by atoms with van der Waals surface area (Å²) in [5.41, 5.74) is 0.935. The highest BCUT2D eigenvalue weighted by Crippen LogP contribution is 2.33. The predicted molar refractivity (Wildman–Crippen MR) is 127 cm³/mol. The molecule has 2 heterocycles. The summed E-state index contributed by atoms with van der Waals surface area (Å²) < 4.78 is 14.6. The third kappa shape index (κ3) is 4.87. The van der Waals surface area contributed by atoms with Crippen LogP contribution in [0, 0.1) is 5.82 Å². The van der Waals surface area contributed by atoms with E-state index in [1.54, 1.807) is 12.1 Å². The zero-order valence-corrected chi connectivity index (χ0v) is 19.4. The van der Waals surface area contributed by atoms with Crippen LogP contribution >= 0.6 is 0 Å². The largest absolute Gasteiger partial charge is 0.501 e. The van der Waals surface area contributed by atoms with E-state index >= 15 is 0 Å². The molecule has 178 valence electrons. The molecule has 3 aromatic rings. The van der Waals surface area contributed by atoms with Gasteiger partial charge in [0.25, 0.3) is 11.5 Å². The minimum absolute atomic E-state index is 0.0548. The molecule has 0 aliphatic carbocycles. The van der Waals surface area contributed by atoms with Crippen LogP contribution in [0.2, 0.25) is 0 Å². The van der Waals surface area contributed by atoms with Gasteiger partial charge in [0, 0.05) is 19.1 Å². The number of fused-ring (bicyclic) bond motifs is 1. The van der Waals surface area contributed by atoms with E-state index in [2.05, 4.69) is 34.3 Å². The highest BCUT2D eigenvalue weighted by atomic mass is 19.1. The van der Waals surface area contributed by atoms with E-state index in [1.807, 2.05) is 25.2 Å². The first-order valence-corrected chi connectivity index (χ1v) is 11.5. The maximum absolute atomic E-state index is 13.1. The van der Waals surface area contributed by atoms with Crippen LogP contribution in [-0.4, -0.2) is 32.5 Å². The van der Waals surface area contributed by atoms with Crippen LogP contribution in [0.15, 0.2) is 59.4 Å². The zero-order chi connectivity index (χ0) is 24.2. The van der Waals surface area contributed by atoms with Gasteiger partial charge in [0.15, 0.2) is 5.69 Å². The van der Waals surface area contributed by atoms with Crippen LogP contribution in [0.4, 0.5) is 4.39 Å². The van der Waals surface area contributed by atoms with Gasteiger partial charge in [0.1, 0.15) is 11.6 Å². The van der Waals surface area contributed by atoms with E-state index < -0.39 is 17.2 Å². The van der Waals surface area contributed by atoms with Crippen molar-refractivity contribution in [1.29, 1.82) is 0 Å². The minimum atomic E-state index is -0.653. The Morgan fingerprint density at radius 2 is 1.91 bits per heavy atom. The number of nitrogens with one attached hydrogen (secondary N) is 1. The summed E-state index contributed by atoms with van der Waals surface area (Å²) in [5, 5.41) is 13.2. The maximum atomic E-state index is 13.1. The monoisotopic (exact) mass is 464 g/mol. The summed E-state index contributed by atoms with van der Waals surface area (Å²) >= 11 is 0. The topological polar surface area (TPSA) is 87.5 Å². The molecule has 1 aliphatic rings. The average Bonchev–Trinajstić information content (AvgIpc) is 3.08. The Morgan fingerprint density at radius 3 is 2.62 bits per heavy atom. The third-order valence-corrected chi connectivity index (χ3v) is 6.55. The van der Waals surface area contributed by atoms with Gasteiger partial charge in [-0.3, -0.25) is 19.1 Å². The van der Waals surface area contributed by atoms with Crippen LogP contribution < -0.4 is 10.9 Å². The lowest BCUT2D eigenvalue weighted by molar-refractivity contribution is 0.0940. The van der Waals surface area contributed by atoms with E-state index in [0.29, 0.717) is 17.9 Å². The van der Waals surface area contributed by atoms with Crippen molar-refractivity contribution in [3.63, 3.8) is 0 Å². The van der Waals surface area contributed by atoms with Crippen molar-refractivity contribution < 1.29 is 14.3 Å². The Kier molecular flexibility index (Phi) is 7.07. The second kappa shape index (κ2) is 10.2. The van der Waals surface area contributed by atoms with Gasteiger partial charge in [0.05, 0.1) is 6.04 Å². The van der Waals surface area contributed by atoms with E-state index in [1.165, 1.54) is 16.7 Å². The Morgan fingerprint density at radius 1 is 1.21 bits per heavy atom. The molecule has 2 atom stereocenters. The Bertz CT molecular complexity index is 1210. The summed E-state index contributed by atoms with van der Waals surface area (Å²) in [6, 6.07) is 15.7. The van der Waals surface area contributed by atoms with Gasteiger partial charge in [-0.25, -0.2) is 9.37 Å². The van der Waals surface area contributed by atoms with Gasteiger partial charge in [-0.15, -0.1) is 0 Å². The standard InChI is InChI=1S/C26H29FN4O3/c1-17(19-8-4-3-5-9-19)30(2)21-10-6-7-15-31-24(21)29-22(23(32)26(31)34)25(33)28-16-18-11-13-20(27)14-12-18/h3-5,8-9,11-14,17,21,32H,6-7,10,15-16H2,1-2H3,(H,28,33)/t17-,21?/m1/s1. The number of amides is 1. The fraction of sp³-hybridized carbons (Fsp3) is 0.346. The van der Waals surface area contributed by atoms with Crippen LogP contribution in [0.3, 0.4) is 0 Å². The van der Waals surface area contributed by atoms with Gasteiger partial charge in [0.2, 0.25) is 5.75 Å². The van der Waals surface area contributed by atoms with Crippen LogP contribution in [0.1, 0.15) is 65.7 Å². The van der Waals surface area contributed by atoms with Gasteiger partial charge in [-0.1, -0.05) is 42.5 Å². The second-order valence-electron chi connectivity index (χ2n) is 8.70. The highest BCUT2D eigenvalue weighted by molar-refractivity contribution is 5.94. The molecule has 1 aromatic heterocycles. The SMILES string of the molecule is C[C@H](c1ccccc1)N(C)C1CCCCn2c1nc(C(=O)NCc1ccc(F)cc1)c(O)c2=O. The van der Waals surface area contributed by atoms with Crippen molar-refractivity contribution in [2.24, 2.45) is 0 Å². The predicted octanol–water partition coefficient (Wildman–Crippen LogP) is 3.94. The third-order valence-electron chi connectivity index (χ3n) is 6.55. The molecule has 0 saturated heterocycles. The highest BCUT2D eigenvalue weighted by Gasteiger charge is 2.31. The van der Waals surface area contributed by atoms with Gasteiger partial charge in [-0.05, 0) is 56.5 Å². The molecule has 1 aliphatic heterocycles. The van der Waals surface area contributed by atoms with Crippen molar-refractivity contribution in [2.75, 3.05) is 7.05 Å². The lowest BCUT2D eigenvalue weighted by Gasteiger charge is -2.33. The molecular formula is C26H29FN4O3. The average molecular weight is 465 g/mol. The molecule has 8 heteroatoms. The molecule has 2 aromatic carbocycles. The molecule has 34 heavy (non-hydrogen) atoms. The first kappa shape index (κ1) is 23.6. The molecule has 0 saturated carbocycles.